The first-order chi connectivity index (χ1) is 14.0. The second kappa shape index (κ2) is 9.78. The molecule has 7 heteroatoms. The summed E-state index contributed by atoms with van der Waals surface area (Å²) >= 11 is 0. The van der Waals surface area contributed by atoms with E-state index in [1.807, 2.05) is 0 Å². The minimum atomic E-state index is -0.477. The van der Waals surface area contributed by atoms with Gasteiger partial charge in [0.05, 0.1) is 18.7 Å². The molecule has 1 atom stereocenters. The summed E-state index contributed by atoms with van der Waals surface area (Å²) in [5, 5.41) is 2.65. The maximum absolute atomic E-state index is 14.3. The van der Waals surface area contributed by atoms with Gasteiger partial charge >= 0.3 is 0 Å². The van der Waals surface area contributed by atoms with Crippen molar-refractivity contribution in [3.63, 3.8) is 0 Å². The summed E-state index contributed by atoms with van der Waals surface area (Å²) in [6.07, 6.45) is 4.17. The van der Waals surface area contributed by atoms with Crippen LogP contribution in [0.3, 0.4) is 0 Å². The third-order valence-electron chi connectivity index (χ3n) is 5.22. The molecule has 1 aromatic rings. The van der Waals surface area contributed by atoms with E-state index in [-0.39, 0.29) is 36.2 Å². The van der Waals surface area contributed by atoms with Crippen LogP contribution in [0.2, 0.25) is 0 Å². The topological polar surface area (TPSA) is 53.9 Å². The van der Waals surface area contributed by atoms with Gasteiger partial charge in [-0.05, 0) is 43.3 Å². The largest absolute Gasteiger partial charge is 0.490 e. The molecule has 0 radical (unpaired) electrons. The van der Waals surface area contributed by atoms with Gasteiger partial charge in [-0.25, -0.2) is 8.78 Å². The number of benzene rings is 1. The summed E-state index contributed by atoms with van der Waals surface area (Å²) in [7, 11) is 0. The smallest absolute Gasteiger partial charge is 0.228 e. The van der Waals surface area contributed by atoms with Gasteiger partial charge in [-0.2, -0.15) is 0 Å². The van der Waals surface area contributed by atoms with E-state index in [0.717, 1.165) is 31.6 Å². The highest BCUT2D eigenvalue weighted by Crippen LogP contribution is 2.34. The molecule has 0 bridgehead atoms. The molecule has 3 rings (SSSR count). The first-order valence-electron chi connectivity index (χ1n) is 10.1. The van der Waals surface area contributed by atoms with E-state index in [0.29, 0.717) is 18.0 Å². The van der Waals surface area contributed by atoms with Crippen molar-refractivity contribution in [3.8, 4) is 5.75 Å². The van der Waals surface area contributed by atoms with Crippen LogP contribution < -0.4 is 10.1 Å². The average molecular weight is 403 g/mol. The molecule has 29 heavy (non-hydrogen) atoms. The van der Waals surface area contributed by atoms with Gasteiger partial charge < -0.3 is 15.0 Å². The second-order valence-corrected chi connectivity index (χ2v) is 7.19. The first kappa shape index (κ1) is 21.2. The van der Waals surface area contributed by atoms with E-state index in [4.69, 9.17) is 4.74 Å². The third-order valence-corrected chi connectivity index (χ3v) is 5.22. The summed E-state index contributed by atoms with van der Waals surface area (Å²) in [5.74, 6) is -1.04. The first-order valence-corrected chi connectivity index (χ1v) is 10.1. The van der Waals surface area contributed by atoms with E-state index in [9.17, 15) is 13.6 Å². The van der Waals surface area contributed by atoms with Crippen molar-refractivity contribution in [1.29, 1.82) is 0 Å². The molecule has 1 N–H and O–H groups in total. The molecule has 1 unspecified atom stereocenters. The fraction of sp³-hybridized carbons (Fsp3) is 0.455. The van der Waals surface area contributed by atoms with Gasteiger partial charge in [0.2, 0.25) is 5.91 Å². The number of hydrogen-bond acceptors (Lipinski definition) is 4. The fourth-order valence-electron chi connectivity index (χ4n) is 3.57. The zero-order valence-electron chi connectivity index (χ0n) is 16.9. The Balaban J connectivity index is 1.58. The van der Waals surface area contributed by atoms with E-state index >= 15 is 0 Å². The number of carbonyl (C=O) groups excluding carboxylic acids is 1. The molecule has 0 saturated heterocycles. The molecule has 0 fully saturated rings. The Morgan fingerprint density at radius 3 is 2.83 bits per heavy atom. The van der Waals surface area contributed by atoms with E-state index in [1.54, 1.807) is 18.3 Å². The van der Waals surface area contributed by atoms with Gasteiger partial charge in [-0.1, -0.05) is 13.8 Å². The van der Waals surface area contributed by atoms with Crippen molar-refractivity contribution in [2.75, 3.05) is 26.2 Å². The molecule has 0 saturated carbocycles. The number of nitrogens with zero attached hydrogens (tertiary/aromatic N) is 2. The van der Waals surface area contributed by atoms with Gasteiger partial charge in [0.25, 0.3) is 0 Å². The monoisotopic (exact) mass is 403 g/mol. The van der Waals surface area contributed by atoms with Gasteiger partial charge in [-0.15, -0.1) is 0 Å². The molecule has 1 amide bonds. The Morgan fingerprint density at radius 2 is 2.10 bits per heavy atom. The lowest BCUT2D eigenvalue weighted by Gasteiger charge is -2.18. The second-order valence-electron chi connectivity index (χ2n) is 7.19. The van der Waals surface area contributed by atoms with Crippen LogP contribution in [-0.4, -0.2) is 43.3 Å². The maximum atomic E-state index is 14.3. The molecule has 1 aliphatic carbocycles. The van der Waals surface area contributed by atoms with Crippen LogP contribution >= 0.6 is 0 Å². The zero-order chi connectivity index (χ0) is 20.8. The van der Waals surface area contributed by atoms with Crippen LogP contribution in [-0.2, 0) is 4.79 Å². The SMILES string of the molecule is CCN(CC)CCCOc1ccc(N=CC2CC(F)=CC3=C2CC(=O)N3)cc1F. The number of aliphatic imine (C=N–C) groups is 1. The van der Waals surface area contributed by atoms with E-state index in [1.165, 1.54) is 12.1 Å². The van der Waals surface area contributed by atoms with Crippen LogP contribution in [0.1, 0.15) is 33.1 Å². The lowest BCUT2D eigenvalue weighted by molar-refractivity contribution is -0.118. The number of rotatable bonds is 9. The van der Waals surface area contributed by atoms with Gasteiger partial charge in [0.15, 0.2) is 11.6 Å². The van der Waals surface area contributed by atoms with Crippen LogP contribution in [0.5, 0.6) is 5.75 Å². The molecule has 5 nitrogen and oxygen atoms in total. The summed E-state index contributed by atoms with van der Waals surface area (Å²) < 4.78 is 33.7. The third kappa shape index (κ3) is 5.50. The lowest BCUT2D eigenvalue weighted by atomic mass is 9.89. The minimum Gasteiger partial charge on any atom is -0.490 e. The molecule has 1 aliphatic heterocycles. The highest BCUT2D eigenvalue weighted by Gasteiger charge is 2.30. The van der Waals surface area contributed by atoms with Gasteiger partial charge in [0.1, 0.15) is 5.83 Å². The van der Waals surface area contributed by atoms with Crippen molar-refractivity contribution in [2.45, 2.75) is 33.1 Å². The quantitative estimate of drug-likeness (QED) is 0.494. The Kier molecular flexibility index (Phi) is 7.14. The highest BCUT2D eigenvalue weighted by molar-refractivity contribution is 5.88. The van der Waals surface area contributed by atoms with Crippen LogP contribution in [0, 0.1) is 11.7 Å². The van der Waals surface area contributed by atoms with Crippen molar-refractivity contribution in [1.82, 2.24) is 10.2 Å². The van der Waals surface area contributed by atoms with Gasteiger partial charge in [-0.3, -0.25) is 9.79 Å². The van der Waals surface area contributed by atoms with Crippen molar-refractivity contribution in [3.05, 3.63) is 47.2 Å². The Labute approximate surface area is 170 Å². The molecule has 1 aromatic carbocycles. The van der Waals surface area contributed by atoms with E-state index in [2.05, 4.69) is 29.1 Å². The van der Waals surface area contributed by atoms with E-state index < -0.39 is 5.82 Å². The maximum Gasteiger partial charge on any atom is 0.228 e. The van der Waals surface area contributed by atoms with Crippen molar-refractivity contribution >= 4 is 17.8 Å². The zero-order valence-corrected chi connectivity index (χ0v) is 16.9. The van der Waals surface area contributed by atoms with Crippen LogP contribution in [0.15, 0.2) is 46.4 Å². The normalized spacial score (nSPS) is 19.0. The molecule has 156 valence electrons. The Bertz CT molecular complexity index is 844. The highest BCUT2D eigenvalue weighted by atomic mass is 19.1. The number of halogens is 2. The molecule has 1 heterocycles. The average Bonchev–Trinajstić information content (AvgIpc) is 3.07. The predicted octanol–water partition coefficient (Wildman–Crippen LogP) is 4.29. The number of allylic oxidation sites excluding steroid dienone is 2. The van der Waals surface area contributed by atoms with Crippen molar-refractivity contribution < 1.29 is 18.3 Å². The number of hydrogen-bond donors (Lipinski definition) is 1. The fourth-order valence-corrected chi connectivity index (χ4v) is 3.57. The molecule has 0 aromatic heterocycles. The lowest BCUT2D eigenvalue weighted by Crippen LogP contribution is -2.25. The number of carbonyl (C=O) groups is 1. The number of amides is 1. The minimum absolute atomic E-state index is 0.145. The molecular formula is C22H27F2N3O2. The number of ether oxygens (including phenoxy) is 1. The summed E-state index contributed by atoms with van der Waals surface area (Å²) in [5.41, 5.74) is 1.77. The molecule has 2 aliphatic rings. The molecular weight excluding hydrogens is 376 g/mol. The Morgan fingerprint density at radius 1 is 1.31 bits per heavy atom. The predicted molar refractivity (Wildman–Crippen MR) is 110 cm³/mol. The summed E-state index contributed by atoms with van der Waals surface area (Å²) in [6, 6.07) is 4.53. The standard InChI is InChI=1S/C22H27F2N3O2/c1-3-27(4-2)8-5-9-29-21-7-6-17(12-19(21)24)25-14-15-10-16(23)11-20-18(15)13-22(28)26-20/h6-7,11-12,14-15H,3-5,8-10,13H2,1-2H3,(H,26,28). The number of nitrogens with one attached hydrogen (secondary N) is 1. The summed E-state index contributed by atoms with van der Waals surface area (Å²) in [4.78, 5) is 18.2. The van der Waals surface area contributed by atoms with Crippen LogP contribution in [0.4, 0.5) is 14.5 Å². The molecule has 0 spiro atoms. The van der Waals surface area contributed by atoms with Crippen LogP contribution in [0.25, 0.3) is 0 Å². The Hall–Kier alpha value is -2.54. The van der Waals surface area contributed by atoms with Gasteiger partial charge in [0, 0.05) is 36.9 Å². The summed E-state index contributed by atoms with van der Waals surface area (Å²) in [6.45, 7) is 7.56. The van der Waals surface area contributed by atoms with Crippen molar-refractivity contribution in [2.24, 2.45) is 10.9 Å².